The lowest BCUT2D eigenvalue weighted by atomic mass is 9.79. The number of nitrogens with zero attached hydrogens (tertiary/aromatic N) is 3. The fourth-order valence-corrected chi connectivity index (χ4v) is 5.12. The van der Waals surface area contributed by atoms with Gasteiger partial charge in [-0.3, -0.25) is 4.99 Å². The van der Waals surface area contributed by atoms with Crippen molar-refractivity contribution in [1.29, 1.82) is 0 Å². The summed E-state index contributed by atoms with van der Waals surface area (Å²) in [5.41, 5.74) is 6.99. The van der Waals surface area contributed by atoms with Gasteiger partial charge in [-0.15, -0.1) is 0 Å². The molecule has 0 aliphatic carbocycles. The third kappa shape index (κ3) is 3.67. The Morgan fingerprint density at radius 2 is 1.81 bits per heavy atom. The van der Waals surface area contributed by atoms with Crippen molar-refractivity contribution in [3.63, 3.8) is 0 Å². The molecule has 0 saturated carbocycles. The zero-order chi connectivity index (χ0) is 25.1. The molecule has 10 heteroatoms. The number of amidine groups is 1. The SMILES string of the molecule is NC1=N[C@@]2(COC1)c1cc(-c3cccnc3F)ccc1Oc1c(F)cc(N3CCC(F)(F)CC3)cc12. The number of pyridine rings is 1. The van der Waals surface area contributed by atoms with Gasteiger partial charge in [-0.05, 0) is 35.9 Å². The molecule has 3 aliphatic heterocycles. The number of fused-ring (bicyclic) bond motifs is 4. The summed E-state index contributed by atoms with van der Waals surface area (Å²) in [6, 6.07) is 11.2. The van der Waals surface area contributed by atoms with E-state index >= 15 is 4.39 Å². The molecule has 1 atom stereocenters. The minimum Gasteiger partial charge on any atom is -0.453 e. The van der Waals surface area contributed by atoms with Gasteiger partial charge in [-0.25, -0.2) is 18.2 Å². The Labute approximate surface area is 204 Å². The van der Waals surface area contributed by atoms with Crippen molar-refractivity contribution >= 4 is 11.5 Å². The minimum atomic E-state index is -2.74. The molecule has 6 rings (SSSR count). The first kappa shape index (κ1) is 22.8. The lowest BCUT2D eigenvalue weighted by Crippen LogP contribution is -2.43. The van der Waals surface area contributed by atoms with Gasteiger partial charge in [-0.1, -0.05) is 6.07 Å². The molecule has 186 valence electrons. The summed E-state index contributed by atoms with van der Waals surface area (Å²) in [7, 11) is 0. The van der Waals surface area contributed by atoms with Gasteiger partial charge in [0.05, 0.1) is 6.61 Å². The average Bonchev–Trinajstić information content (AvgIpc) is 2.85. The Morgan fingerprint density at radius 3 is 2.56 bits per heavy atom. The van der Waals surface area contributed by atoms with Gasteiger partial charge in [0.15, 0.2) is 11.6 Å². The van der Waals surface area contributed by atoms with Crippen molar-refractivity contribution in [2.45, 2.75) is 24.3 Å². The van der Waals surface area contributed by atoms with Gasteiger partial charge in [0, 0.05) is 60.6 Å². The van der Waals surface area contributed by atoms with Crippen molar-refractivity contribution < 1.29 is 27.0 Å². The Bertz CT molecular complexity index is 1390. The van der Waals surface area contributed by atoms with Gasteiger partial charge in [0.2, 0.25) is 5.95 Å². The highest BCUT2D eigenvalue weighted by molar-refractivity contribution is 5.84. The van der Waals surface area contributed by atoms with E-state index < -0.39 is 23.2 Å². The van der Waals surface area contributed by atoms with Crippen LogP contribution in [0.15, 0.2) is 53.7 Å². The van der Waals surface area contributed by atoms with E-state index in [2.05, 4.69) is 4.98 Å². The maximum Gasteiger partial charge on any atom is 0.251 e. The van der Waals surface area contributed by atoms with E-state index in [0.717, 1.165) is 0 Å². The first-order valence-corrected chi connectivity index (χ1v) is 11.6. The number of alkyl halides is 2. The molecule has 3 aliphatic rings. The molecule has 2 N–H and O–H groups in total. The molecule has 2 aromatic carbocycles. The lowest BCUT2D eigenvalue weighted by molar-refractivity contribution is -0.0220. The Hall–Kier alpha value is -3.66. The Kier molecular flexibility index (Phi) is 5.18. The van der Waals surface area contributed by atoms with Crippen molar-refractivity contribution in [2.24, 2.45) is 10.7 Å². The molecular weight excluding hydrogens is 476 g/mol. The number of benzene rings is 2. The molecular formula is C26H22F4N4O2. The van der Waals surface area contributed by atoms with E-state index in [1.165, 1.54) is 12.3 Å². The third-order valence-electron chi connectivity index (χ3n) is 6.94. The van der Waals surface area contributed by atoms with Crippen LogP contribution < -0.4 is 15.4 Å². The van der Waals surface area contributed by atoms with Gasteiger partial charge in [0.1, 0.15) is 23.7 Å². The van der Waals surface area contributed by atoms with Crippen molar-refractivity contribution in [3.8, 4) is 22.6 Å². The molecule has 0 unspecified atom stereocenters. The van der Waals surface area contributed by atoms with E-state index in [1.807, 2.05) is 0 Å². The third-order valence-corrected chi connectivity index (χ3v) is 6.94. The van der Waals surface area contributed by atoms with Crippen LogP contribution in [0.1, 0.15) is 24.0 Å². The second-order valence-corrected chi connectivity index (χ2v) is 9.26. The number of anilines is 1. The topological polar surface area (TPSA) is 73.0 Å². The molecule has 0 radical (unpaired) electrons. The highest BCUT2D eigenvalue weighted by Gasteiger charge is 2.46. The summed E-state index contributed by atoms with van der Waals surface area (Å²) >= 11 is 0. The molecule has 1 fully saturated rings. The van der Waals surface area contributed by atoms with Crippen LogP contribution in [0.4, 0.5) is 23.2 Å². The second-order valence-electron chi connectivity index (χ2n) is 9.26. The minimum absolute atomic E-state index is 0.0315. The fraction of sp³-hybridized carbons (Fsp3) is 0.308. The molecule has 6 nitrogen and oxygen atoms in total. The van der Waals surface area contributed by atoms with E-state index in [0.29, 0.717) is 28.1 Å². The van der Waals surface area contributed by atoms with Gasteiger partial charge >= 0.3 is 0 Å². The summed E-state index contributed by atoms with van der Waals surface area (Å²) in [5.74, 6) is -3.51. The van der Waals surface area contributed by atoms with E-state index in [1.54, 1.807) is 41.3 Å². The predicted molar refractivity (Wildman–Crippen MR) is 126 cm³/mol. The first-order chi connectivity index (χ1) is 17.3. The molecule has 0 bridgehead atoms. The number of hydrogen-bond acceptors (Lipinski definition) is 6. The number of nitrogens with two attached hydrogens (primary N) is 1. The average molecular weight is 498 g/mol. The Morgan fingerprint density at radius 1 is 1.00 bits per heavy atom. The quantitative estimate of drug-likeness (QED) is 0.398. The summed E-state index contributed by atoms with van der Waals surface area (Å²) in [6.45, 7) is 0.314. The van der Waals surface area contributed by atoms with Crippen LogP contribution in [0.25, 0.3) is 11.1 Å². The van der Waals surface area contributed by atoms with Crippen LogP contribution >= 0.6 is 0 Å². The highest BCUT2D eigenvalue weighted by atomic mass is 19.3. The molecule has 4 heterocycles. The van der Waals surface area contributed by atoms with Crippen LogP contribution in [0.2, 0.25) is 0 Å². The van der Waals surface area contributed by atoms with Crippen molar-refractivity contribution in [3.05, 3.63) is 71.6 Å². The molecule has 0 amide bonds. The second kappa shape index (κ2) is 8.19. The van der Waals surface area contributed by atoms with E-state index in [-0.39, 0.29) is 56.3 Å². The smallest absolute Gasteiger partial charge is 0.251 e. The summed E-state index contributed by atoms with van der Waals surface area (Å²) in [5, 5.41) is 0. The van der Waals surface area contributed by atoms with Crippen LogP contribution in [0, 0.1) is 11.8 Å². The van der Waals surface area contributed by atoms with Gasteiger partial charge in [-0.2, -0.15) is 4.39 Å². The first-order valence-electron chi connectivity index (χ1n) is 11.6. The van der Waals surface area contributed by atoms with Crippen LogP contribution in [0.3, 0.4) is 0 Å². The number of aromatic nitrogens is 1. The number of ether oxygens (including phenoxy) is 2. The summed E-state index contributed by atoms with van der Waals surface area (Å²) in [4.78, 5) is 10.2. The largest absolute Gasteiger partial charge is 0.453 e. The zero-order valence-corrected chi connectivity index (χ0v) is 19.1. The zero-order valence-electron chi connectivity index (χ0n) is 19.1. The normalized spacial score (nSPS) is 22.4. The predicted octanol–water partition coefficient (Wildman–Crippen LogP) is 5.00. The van der Waals surface area contributed by atoms with Gasteiger partial charge < -0.3 is 20.1 Å². The maximum atomic E-state index is 15.5. The summed E-state index contributed by atoms with van der Waals surface area (Å²) < 4.78 is 69.2. The van der Waals surface area contributed by atoms with Crippen molar-refractivity contribution in [2.75, 3.05) is 31.2 Å². The molecule has 1 saturated heterocycles. The maximum absolute atomic E-state index is 15.5. The van der Waals surface area contributed by atoms with E-state index in [9.17, 15) is 13.2 Å². The van der Waals surface area contributed by atoms with Crippen LogP contribution in [-0.2, 0) is 10.3 Å². The standard InChI is InChI=1S/C26H22F4N4O2/c27-20-12-16(34-8-5-25(29,30)6-9-34)11-19-23(20)36-21-4-3-15(17-2-1-7-32-24(17)28)10-18(21)26(19)14-35-13-22(31)33-26/h1-4,7,10-12H,5-6,8-9,13-14H2,(H2,31,33)/t26-/m0/s1. The van der Waals surface area contributed by atoms with Crippen molar-refractivity contribution in [1.82, 2.24) is 4.98 Å². The number of halogens is 4. The fourth-order valence-electron chi connectivity index (χ4n) is 5.12. The van der Waals surface area contributed by atoms with Crippen LogP contribution in [0.5, 0.6) is 11.5 Å². The van der Waals surface area contributed by atoms with Gasteiger partial charge in [0.25, 0.3) is 5.92 Å². The Balaban J connectivity index is 1.52. The van der Waals surface area contributed by atoms with E-state index in [4.69, 9.17) is 20.2 Å². The molecule has 1 aromatic heterocycles. The number of hydrogen-bond donors (Lipinski definition) is 1. The van der Waals surface area contributed by atoms with Crippen LogP contribution in [-0.4, -0.2) is 43.0 Å². The molecule has 36 heavy (non-hydrogen) atoms. The highest BCUT2D eigenvalue weighted by Crippen LogP contribution is 2.53. The summed E-state index contributed by atoms with van der Waals surface area (Å²) in [6.07, 6.45) is 0.730. The molecule has 1 spiro atoms. The lowest BCUT2D eigenvalue weighted by Gasteiger charge is -2.41. The number of piperidine rings is 1. The number of aliphatic imine (C=N–C) groups is 1. The molecule has 3 aromatic rings. The number of rotatable bonds is 2. The monoisotopic (exact) mass is 498 g/mol.